The fourth-order valence-corrected chi connectivity index (χ4v) is 6.76. The summed E-state index contributed by atoms with van der Waals surface area (Å²) in [5.74, 6) is 0.102. The summed E-state index contributed by atoms with van der Waals surface area (Å²) in [7, 11) is -3.02. The number of benzene rings is 1. The molecule has 22 heavy (non-hydrogen) atoms. The van der Waals surface area contributed by atoms with Crippen molar-refractivity contribution < 1.29 is 13.2 Å². The first-order valence-electron chi connectivity index (χ1n) is 7.24. The van der Waals surface area contributed by atoms with E-state index in [4.69, 9.17) is 0 Å². The van der Waals surface area contributed by atoms with Gasteiger partial charge in [-0.2, -0.15) is 4.99 Å². The van der Waals surface area contributed by atoms with Crippen LogP contribution in [0.25, 0.3) is 0 Å². The van der Waals surface area contributed by atoms with Crippen LogP contribution in [0.15, 0.2) is 29.3 Å². The molecule has 5 nitrogen and oxygen atoms in total. The number of fused-ring (bicyclic) bond motifs is 1. The molecule has 0 unspecified atom stereocenters. The van der Waals surface area contributed by atoms with E-state index in [9.17, 15) is 13.2 Å². The fraction of sp³-hybridized carbons (Fsp3) is 0.467. The normalized spacial score (nSPS) is 28.1. The van der Waals surface area contributed by atoms with Gasteiger partial charge in [-0.25, -0.2) is 8.42 Å². The van der Waals surface area contributed by atoms with Gasteiger partial charge >= 0.3 is 0 Å². The van der Waals surface area contributed by atoms with Gasteiger partial charge in [0.1, 0.15) is 0 Å². The molecule has 7 heteroatoms. The molecule has 0 saturated carbocycles. The second kappa shape index (κ2) is 5.70. The van der Waals surface area contributed by atoms with Crippen molar-refractivity contribution in [2.24, 2.45) is 4.99 Å². The standard InChI is InChI=1S/C15H18N2O3S2/c1-3-14(18)16-15-17(11-6-4-5-10(2)7-11)12-8-22(19,20)9-13(12)21-15/h4-7,12-13H,3,8-9H2,1-2H3/t12-,13-/m1/s1. The highest BCUT2D eigenvalue weighted by Gasteiger charge is 2.49. The molecule has 1 aromatic rings. The van der Waals surface area contributed by atoms with Crippen LogP contribution in [0.3, 0.4) is 0 Å². The van der Waals surface area contributed by atoms with Gasteiger partial charge in [-0.15, -0.1) is 0 Å². The van der Waals surface area contributed by atoms with E-state index in [1.807, 2.05) is 36.1 Å². The lowest BCUT2D eigenvalue weighted by atomic mass is 10.1. The van der Waals surface area contributed by atoms with Crippen LogP contribution in [-0.2, 0) is 14.6 Å². The number of nitrogens with zero attached hydrogens (tertiary/aromatic N) is 2. The third-order valence-electron chi connectivity index (χ3n) is 3.87. The number of carbonyl (C=O) groups excluding carboxylic acids is 1. The minimum atomic E-state index is -3.02. The van der Waals surface area contributed by atoms with Crippen LogP contribution in [0.1, 0.15) is 18.9 Å². The van der Waals surface area contributed by atoms with Crippen LogP contribution in [0.2, 0.25) is 0 Å². The maximum atomic E-state index is 11.9. The van der Waals surface area contributed by atoms with Crippen molar-refractivity contribution in [3.63, 3.8) is 0 Å². The number of thioether (sulfide) groups is 1. The van der Waals surface area contributed by atoms with Crippen molar-refractivity contribution in [2.45, 2.75) is 31.6 Å². The smallest absolute Gasteiger partial charge is 0.247 e. The van der Waals surface area contributed by atoms with Gasteiger partial charge in [0, 0.05) is 17.4 Å². The van der Waals surface area contributed by atoms with Gasteiger partial charge in [0.2, 0.25) is 5.91 Å². The molecule has 0 spiro atoms. The lowest BCUT2D eigenvalue weighted by Crippen LogP contribution is -2.37. The average Bonchev–Trinajstić information content (AvgIpc) is 2.89. The maximum Gasteiger partial charge on any atom is 0.247 e. The Morgan fingerprint density at radius 2 is 2.18 bits per heavy atom. The summed E-state index contributed by atoms with van der Waals surface area (Å²) in [4.78, 5) is 17.8. The zero-order chi connectivity index (χ0) is 15.9. The summed E-state index contributed by atoms with van der Waals surface area (Å²) < 4.78 is 23.9. The van der Waals surface area contributed by atoms with Crippen LogP contribution in [-0.4, -0.2) is 42.3 Å². The molecule has 2 atom stereocenters. The van der Waals surface area contributed by atoms with E-state index >= 15 is 0 Å². The Balaban J connectivity index is 2.03. The largest absolute Gasteiger partial charge is 0.316 e. The number of sulfone groups is 1. The van der Waals surface area contributed by atoms with Crippen LogP contribution >= 0.6 is 11.8 Å². The molecule has 0 bridgehead atoms. The zero-order valence-corrected chi connectivity index (χ0v) is 14.2. The summed E-state index contributed by atoms with van der Waals surface area (Å²) in [5, 5.41) is 0.580. The van der Waals surface area contributed by atoms with E-state index in [0.717, 1.165) is 11.3 Å². The molecule has 0 N–H and O–H groups in total. The Hall–Kier alpha value is -1.34. The number of hydrogen-bond acceptors (Lipinski definition) is 4. The minimum absolute atomic E-state index is 0.0473. The van der Waals surface area contributed by atoms with Crippen molar-refractivity contribution in [1.29, 1.82) is 0 Å². The SMILES string of the molecule is CCC(=O)N=C1S[C@@H]2CS(=O)(=O)C[C@H]2N1c1cccc(C)c1. The lowest BCUT2D eigenvalue weighted by Gasteiger charge is -2.24. The lowest BCUT2D eigenvalue weighted by molar-refractivity contribution is -0.117. The van der Waals surface area contributed by atoms with Crippen LogP contribution < -0.4 is 4.90 Å². The van der Waals surface area contributed by atoms with E-state index < -0.39 is 9.84 Å². The molecule has 2 fully saturated rings. The molecule has 1 amide bonds. The van der Waals surface area contributed by atoms with Gasteiger partial charge in [-0.1, -0.05) is 30.8 Å². The predicted octanol–water partition coefficient (Wildman–Crippen LogP) is 2.01. The first-order valence-corrected chi connectivity index (χ1v) is 9.94. The summed E-state index contributed by atoms with van der Waals surface area (Å²) in [5.41, 5.74) is 1.99. The molecule has 2 heterocycles. The highest BCUT2D eigenvalue weighted by molar-refractivity contribution is 8.16. The molecule has 2 aliphatic heterocycles. The van der Waals surface area contributed by atoms with E-state index in [-0.39, 0.29) is 28.7 Å². The molecule has 3 rings (SSSR count). The molecule has 0 aromatic heterocycles. The van der Waals surface area contributed by atoms with Crippen molar-refractivity contribution in [3.8, 4) is 0 Å². The van der Waals surface area contributed by atoms with E-state index in [0.29, 0.717) is 11.6 Å². The maximum absolute atomic E-state index is 11.9. The Morgan fingerprint density at radius 1 is 1.41 bits per heavy atom. The summed E-state index contributed by atoms with van der Waals surface area (Å²) in [6.07, 6.45) is 0.347. The number of amides is 1. The molecule has 2 saturated heterocycles. The number of hydrogen-bond donors (Lipinski definition) is 0. The number of amidine groups is 1. The first-order chi connectivity index (χ1) is 10.4. The minimum Gasteiger partial charge on any atom is -0.316 e. The monoisotopic (exact) mass is 338 g/mol. The predicted molar refractivity (Wildman–Crippen MR) is 90.2 cm³/mol. The third kappa shape index (κ3) is 2.92. The average molecular weight is 338 g/mol. The van der Waals surface area contributed by atoms with Gasteiger partial charge in [-0.05, 0) is 24.6 Å². The second-order valence-corrected chi connectivity index (χ2v) is 9.01. The van der Waals surface area contributed by atoms with Gasteiger partial charge in [-0.3, -0.25) is 4.79 Å². The fourth-order valence-electron chi connectivity index (χ4n) is 2.83. The summed E-state index contributed by atoms with van der Waals surface area (Å²) >= 11 is 1.41. The number of aryl methyl sites for hydroxylation is 1. The van der Waals surface area contributed by atoms with E-state index in [1.165, 1.54) is 11.8 Å². The topological polar surface area (TPSA) is 66.8 Å². The van der Waals surface area contributed by atoms with Crippen molar-refractivity contribution in [1.82, 2.24) is 0 Å². The van der Waals surface area contributed by atoms with Gasteiger partial charge < -0.3 is 4.90 Å². The molecule has 118 valence electrons. The number of carbonyl (C=O) groups is 1. The Morgan fingerprint density at radius 3 is 2.86 bits per heavy atom. The van der Waals surface area contributed by atoms with E-state index in [2.05, 4.69) is 4.99 Å². The molecular formula is C15H18N2O3S2. The Kier molecular flexibility index (Phi) is 4.03. The van der Waals surface area contributed by atoms with Crippen LogP contribution in [0, 0.1) is 6.92 Å². The van der Waals surface area contributed by atoms with E-state index in [1.54, 1.807) is 6.92 Å². The van der Waals surface area contributed by atoms with Crippen molar-refractivity contribution in [3.05, 3.63) is 29.8 Å². The van der Waals surface area contributed by atoms with Crippen LogP contribution in [0.5, 0.6) is 0 Å². The molecular weight excluding hydrogens is 320 g/mol. The number of anilines is 1. The molecule has 0 aliphatic carbocycles. The van der Waals surface area contributed by atoms with Crippen molar-refractivity contribution >= 4 is 38.4 Å². The molecule has 2 aliphatic rings. The van der Waals surface area contributed by atoms with Gasteiger partial charge in [0.25, 0.3) is 0 Å². The molecule has 0 radical (unpaired) electrons. The second-order valence-electron chi connectivity index (χ2n) is 5.65. The number of rotatable bonds is 2. The third-order valence-corrected chi connectivity index (χ3v) is 7.08. The Bertz CT molecular complexity index is 743. The van der Waals surface area contributed by atoms with Crippen molar-refractivity contribution in [2.75, 3.05) is 16.4 Å². The first kappa shape index (κ1) is 15.6. The molecule has 1 aromatic carbocycles. The van der Waals surface area contributed by atoms with Crippen LogP contribution in [0.4, 0.5) is 5.69 Å². The quantitative estimate of drug-likeness (QED) is 0.825. The Labute approximate surface area is 134 Å². The summed E-state index contributed by atoms with van der Waals surface area (Å²) in [6.45, 7) is 3.76. The summed E-state index contributed by atoms with van der Waals surface area (Å²) in [6, 6.07) is 7.72. The zero-order valence-electron chi connectivity index (χ0n) is 12.5. The van der Waals surface area contributed by atoms with Gasteiger partial charge in [0.05, 0.1) is 17.5 Å². The number of aliphatic imine (C=N–C) groups is 1. The highest BCUT2D eigenvalue weighted by atomic mass is 32.2. The van der Waals surface area contributed by atoms with Gasteiger partial charge in [0.15, 0.2) is 15.0 Å². The highest BCUT2D eigenvalue weighted by Crippen LogP contribution is 2.41.